The lowest BCUT2D eigenvalue weighted by Crippen LogP contribution is -2.23. The molecule has 0 radical (unpaired) electrons. The fourth-order valence-electron chi connectivity index (χ4n) is 2.04. The van der Waals surface area contributed by atoms with Gasteiger partial charge in [0.25, 0.3) is 5.91 Å². The van der Waals surface area contributed by atoms with E-state index in [9.17, 15) is 4.79 Å². The lowest BCUT2D eigenvalue weighted by Gasteiger charge is -2.05. The van der Waals surface area contributed by atoms with Gasteiger partial charge in [0.05, 0.1) is 17.4 Å². The highest BCUT2D eigenvalue weighted by Crippen LogP contribution is 2.11. The molecule has 0 atom stereocenters. The first kappa shape index (κ1) is 14.2. The van der Waals surface area contributed by atoms with E-state index < -0.39 is 0 Å². The van der Waals surface area contributed by atoms with Crippen molar-refractivity contribution in [2.75, 3.05) is 0 Å². The lowest BCUT2D eigenvalue weighted by atomic mass is 10.1. The summed E-state index contributed by atoms with van der Waals surface area (Å²) in [4.78, 5) is 16.1. The fraction of sp³-hybridized carbons (Fsp3) is 0.400. The topological polar surface area (TPSA) is 59.3 Å². The van der Waals surface area contributed by atoms with Crippen molar-refractivity contribution in [2.24, 2.45) is 11.0 Å². The van der Waals surface area contributed by atoms with Gasteiger partial charge in [-0.15, -0.1) is 0 Å². The highest BCUT2D eigenvalue weighted by atomic mass is 16.2. The average molecular weight is 272 g/mol. The predicted molar refractivity (Wildman–Crippen MR) is 80.4 cm³/mol. The first-order chi connectivity index (χ1) is 9.74. The van der Waals surface area contributed by atoms with Crippen LogP contribution in [0.5, 0.6) is 0 Å². The van der Waals surface area contributed by atoms with Gasteiger partial charge in [-0.3, -0.25) is 4.79 Å². The van der Waals surface area contributed by atoms with Gasteiger partial charge in [0.15, 0.2) is 0 Å². The number of fused-ring (bicyclic) bond motifs is 1. The number of hydrazone groups is 1. The summed E-state index contributed by atoms with van der Waals surface area (Å²) in [6, 6.07) is 7.74. The van der Waals surface area contributed by atoms with Gasteiger partial charge >= 0.3 is 0 Å². The lowest BCUT2D eigenvalue weighted by molar-refractivity contribution is -0.121. The van der Waals surface area contributed by atoms with Gasteiger partial charge in [-0.2, -0.15) is 5.10 Å². The number of hydrogen-bond donors (Lipinski definition) is 1. The molecule has 0 unspecified atom stereocenters. The number of rotatable bonds is 6. The number of imidazole rings is 1. The Bertz CT molecular complexity index is 599. The third kappa shape index (κ3) is 3.44. The minimum absolute atomic E-state index is 0.143. The minimum Gasteiger partial charge on any atom is -0.321 e. The van der Waals surface area contributed by atoms with Gasteiger partial charge in [-0.1, -0.05) is 26.0 Å². The van der Waals surface area contributed by atoms with Crippen molar-refractivity contribution >= 4 is 23.2 Å². The second kappa shape index (κ2) is 6.84. The molecule has 0 saturated heterocycles. The first-order valence-electron chi connectivity index (χ1n) is 6.96. The normalized spacial score (nSPS) is 11.6. The maximum Gasteiger partial charge on any atom is 0.260 e. The van der Waals surface area contributed by atoms with Crippen LogP contribution in [-0.4, -0.2) is 21.7 Å². The van der Waals surface area contributed by atoms with Crippen LogP contribution in [0.1, 0.15) is 26.7 Å². The number of carbonyl (C=O) groups excluding carboxylic acids is 1. The second-order valence-electron chi connectivity index (χ2n) is 4.75. The Hall–Kier alpha value is -2.17. The summed E-state index contributed by atoms with van der Waals surface area (Å²) in [5.74, 6) is 0.278. The summed E-state index contributed by atoms with van der Waals surface area (Å²) in [5.41, 5.74) is 4.41. The van der Waals surface area contributed by atoms with E-state index in [2.05, 4.69) is 29.4 Å². The zero-order chi connectivity index (χ0) is 14.4. The van der Waals surface area contributed by atoms with Crippen LogP contribution in [0.15, 0.2) is 35.7 Å². The number of benzene rings is 1. The van der Waals surface area contributed by atoms with Crippen molar-refractivity contribution in [3.8, 4) is 0 Å². The van der Waals surface area contributed by atoms with E-state index in [0.29, 0.717) is 5.92 Å². The Labute approximate surface area is 118 Å². The largest absolute Gasteiger partial charge is 0.321 e. The van der Waals surface area contributed by atoms with E-state index in [1.54, 1.807) is 6.33 Å². The van der Waals surface area contributed by atoms with E-state index in [0.717, 1.165) is 23.9 Å². The third-order valence-electron chi connectivity index (χ3n) is 3.36. The monoisotopic (exact) mass is 272 g/mol. The Morgan fingerprint density at radius 3 is 2.90 bits per heavy atom. The summed E-state index contributed by atoms with van der Waals surface area (Å²) < 4.78 is 1.82. The first-order valence-corrected chi connectivity index (χ1v) is 6.96. The molecule has 106 valence electrons. The van der Waals surface area contributed by atoms with Crippen molar-refractivity contribution in [3.05, 3.63) is 30.6 Å². The van der Waals surface area contributed by atoms with Gasteiger partial charge in [0.2, 0.25) is 0 Å². The standard InChI is InChI=1S/C15H20N4O/c1-3-12(4-2)9-17-18-15(20)10-19-11-16-13-7-5-6-8-14(13)19/h5-9,11-12H,3-4,10H2,1-2H3,(H,18,20)/b17-9+. The maximum absolute atomic E-state index is 11.8. The van der Waals surface area contributed by atoms with Crippen molar-refractivity contribution in [1.29, 1.82) is 0 Å². The molecule has 2 aromatic rings. The molecule has 1 amide bonds. The summed E-state index contributed by atoms with van der Waals surface area (Å²) in [7, 11) is 0. The van der Waals surface area contributed by atoms with Crippen LogP contribution >= 0.6 is 0 Å². The number of carbonyl (C=O) groups is 1. The maximum atomic E-state index is 11.8. The van der Waals surface area contributed by atoms with Crippen LogP contribution < -0.4 is 5.43 Å². The summed E-state index contributed by atoms with van der Waals surface area (Å²) in [6.07, 6.45) is 5.54. The Morgan fingerprint density at radius 1 is 1.40 bits per heavy atom. The van der Waals surface area contributed by atoms with E-state index in [-0.39, 0.29) is 12.5 Å². The second-order valence-corrected chi connectivity index (χ2v) is 4.75. The molecular formula is C15H20N4O. The third-order valence-corrected chi connectivity index (χ3v) is 3.36. The number of para-hydroxylation sites is 2. The van der Waals surface area contributed by atoms with Gasteiger partial charge in [0.1, 0.15) is 6.54 Å². The van der Waals surface area contributed by atoms with E-state index in [4.69, 9.17) is 0 Å². The van der Waals surface area contributed by atoms with Gasteiger partial charge in [-0.05, 0) is 30.9 Å². The van der Waals surface area contributed by atoms with Crippen molar-refractivity contribution in [1.82, 2.24) is 15.0 Å². The van der Waals surface area contributed by atoms with Crippen LogP contribution in [0.2, 0.25) is 0 Å². The zero-order valence-electron chi connectivity index (χ0n) is 11.9. The summed E-state index contributed by atoms with van der Waals surface area (Å²) in [5, 5.41) is 4.02. The number of nitrogens with zero attached hydrogens (tertiary/aromatic N) is 3. The molecule has 20 heavy (non-hydrogen) atoms. The molecule has 2 rings (SSSR count). The van der Waals surface area contributed by atoms with E-state index in [1.807, 2.05) is 35.0 Å². The number of amides is 1. The highest BCUT2D eigenvalue weighted by molar-refractivity contribution is 5.80. The minimum atomic E-state index is -0.143. The molecule has 0 aliphatic rings. The van der Waals surface area contributed by atoms with Crippen LogP contribution in [-0.2, 0) is 11.3 Å². The van der Waals surface area contributed by atoms with Crippen LogP contribution in [0, 0.1) is 5.92 Å². The fourth-order valence-corrected chi connectivity index (χ4v) is 2.04. The number of hydrogen-bond acceptors (Lipinski definition) is 3. The van der Waals surface area contributed by atoms with Crippen molar-refractivity contribution < 1.29 is 4.79 Å². The molecule has 0 aliphatic heterocycles. The van der Waals surface area contributed by atoms with Gasteiger partial charge in [-0.25, -0.2) is 10.4 Å². The quantitative estimate of drug-likeness (QED) is 0.649. The molecule has 0 fully saturated rings. The van der Waals surface area contributed by atoms with Crippen LogP contribution in [0.3, 0.4) is 0 Å². The zero-order valence-corrected chi connectivity index (χ0v) is 11.9. The molecular weight excluding hydrogens is 252 g/mol. The predicted octanol–water partition coefficient (Wildman–Crippen LogP) is 2.57. The summed E-state index contributed by atoms with van der Waals surface area (Å²) >= 11 is 0. The van der Waals surface area contributed by atoms with E-state index in [1.165, 1.54) is 0 Å². The Kier molecular flexibility index (Phi) is 4.87. The SMILES string of the molecule is CCC(/C=N/NC(=O)Cn1cnc2ccccc21)CC. The van der Waals surface area contributed by atoms with E-state index >= 15 is 0 Å². The molecule has 1 N–H and O–H groups in total. The van der Waals surface area contributed by atoms with Crippen molar-refractivity contribution in [3.63, 3.8) is 0 Å². The molecule has 0 saturated carbocycles. The molecule has 1 aromatic heterocycles. The number of nitrogens with one attached hydrogen (secondary N) is 1. The highest BCUT2D eigenvalue weighted by Gasteiger charge is 2.06. The molecule has 0 aliphatic carbocycles. The van der Waals surface area contributed by atoms with Crippen LogP contribution in [0.25, 0.3) is 11.0 Å². The smallest absolute Gasteiger partial charge is 0.260 e. The number of aromatic nitrogens is 2. The van der Waals surface area contributed by atoms with Gasteiger partial charge < -0.3 is 4.57 Å². The molecule has 5 heteroatoms. The molecule has 1 aromatic carbocycles. The average Bonchev–Trinajstić information content (AvgIpc) is 2.87. The van der Waals surface area contributed by atoms with Crippen molar-refractivity contribution in [2.45, 2.75) is 33.2 Å². The molecule has 5 nitrogen and oxygen atoms in total. The molecule has 1 heterocycles. The molecule has 0 spiro atoms. The van der Waals surface area contributed by atoms with Gasteiger partial charge in [0, 0.05) is 6.21 Å². The Balaban J connectivity index is 1.95. The van der Waals surface area contributed by atoms with Crippen LogP contribution in [0.4, 0.5) is 0 Å². The summed E-state index contributed by atoms with van der Waals surface area (Å²) in [6.45, 7) is 4.44. The molecule has 0 bridgehead atoms. The Morgan fingerprint density at radius 2 is 2.15 bits per heavy atom.